The second-order valence-electron chi connectivity index (χ2n) is 8.18. The first-order valence-electron chi connectivity index (χ1n) is 12.0. The fourth-order valence-corrected chi connectivity index (χ4v) is 3.83. The summed E-state index contributed by atoms with van der Waals surface area (Å²) in [5.41, 5.74) is 0. The Balaban J connectivity index is 2.13. The van der Waals surface area contributed by atoms with Crippen LogP contribution < -0.4 is 0 Å². The molecule has 0 aromatic heterocycles. The van der Waals surface area contributed by atoms with Crippen molar-refractivity contribution >= 4 is 0 Å². The highest BCUT2D eigenvalue weighted by atomic mass is 14.0. The highest BCUT2D eigenvalue weighted by molar-refractivity contribution is 5.10. The van der Waals surface area contributed by atoms with Gasteiger partial charge >= 0.3 is 0 Å². The van der Waals surface area contributed by atoms with E-state index in [2.05, 4.69) is 36.5 Å². The van der Waals surface area contributed by atoms with Crippen LogP contribution in [0.1, 0.15) is 128 Å². The molecule has 0 atom stereocenters. The van der Waals surface area contributed by atoms with Crippen molar-refractivity contribution in [1.82, 2.24) is 0 Å². The Kier molecular flexibility index (Phi) is 18.4. The fraction of sp³-hybridized carbons (Fsp3) is 0.769. The van der Waals surface area contributed by atoms with Gasteiger partial charge in [-0.25, -0.2) is 0 Å². The molecule has 0 heteroatoms. The zero-order valence-corrected chi connectivity index (χ0v) is 17.6. The second kappa shape index (κ2) is 20.5. The molecule has 150 valence electrons. The first kappa shape index (κ1) is 23.3. The third-order valence-electron chi connectivity index (χ3n) is 5.60. The average Bonchev–Trinajstić information content (AvgIpc) is 2.65. The van der Waals surface area contributed by atoms with E-state index in [0.717, 1.165) is 0 Å². The molecule has 0 N–H and O–H groups in total. The molecule has 1 aliphatic carbocycles. The Labute approximate surface area is 165 Å². The van der Waals surface area contributed by atoms with Gasteiger partial charge in [0.1, 0.15) is 0 Å². The monoisotopic (exact) mass is 358 g/mol. The normalized spacial score (nSPS) is 24.6. The number of rotatable bonds is 0. The van der Waals surface area contributed by atoms with Gasteiger partial charge in [0.15, 0.2) is 0 Å². The zero-order chi connectivity index (χ0) is 18.4. The molecule has 0 aromatic rings. The molecule has 0 radical (unpaired) electrons. The maximum absolute atomic E-state index is 2.33. The molecule has 0 aliphatic heterocycles. The molecule has 0 heterocycles. The SMILES string of the molecule is C1=CCCCCCCCCCCCCCCCCCCCC/C=C\C=C\1. The van der Waals surface area contributed by atoms with Gasteiger partial charge in [-0.2, -0.15) is 0 Å². The standard InChI is InChI=1S/C26H46/c1-2-4-6-8-10-12-14-16-18-20-22-24-26-25-23-21-19-17-15-13-11-9-7-5-3-1/h1-6H,7-26H2/b2-1+,5-3-,6-4?. The topological polar surface area (TPSA) is 0 Å². The highest BCUT2D eigenvalue weighted by Gasteiger charge is 1.95. The van der Waals surface area contributed by atoms with Crippen LogP contribution in [0.2, 0.25) is 0 Å². The van der Waals surface area contributed by atoms with E-state index in [9.17, 15) is 0 Å². The van der Waals surface area contributed by atoms with E-state index >= 15 is 0 Å². The summed E-state index contributed by atoms with van der Waals surface area (Å²) >= 11 is 0. The van der Waals surface area contributed by atoms with Crippen LogP contribution in [0.4, 0.5) is 0 Å². The van der Waals surface area contributed by atoms with Gasteiger partial charge in [0.25, 0.3) is 0 Å². The molecule has 0 nitrogen and oxygen atoms in total. The first-order valence-corrected chi connectivity index (χ1v) is 12.0. The van der Waals surface area contributed by atoms with Crippen molar-refractivity contribution in [3.8, 4) is 0 Å². The minimum atomic E-state index is 1.24. The lowest BCUT2D eigenvalue weighted by Gasteiger charge is -2.04. The van der Waals surface area contributed by atoms with Crippen LogP contribution in [0.25, 0.3) is 0 Å². The molecule has 0 amide bonds. The van der Waals surface area contributed by atoms with E-state index in [1.165, 1.54) is 128 Å². The maximum Gasteiger partial charge on any atom is -0.0348 e. The molecule has 0 bridgehead atoms. The minimum Gasteiger partial charge on any atom is -0.0845 e. The molecule has 0 fully saturated rings. The van der Waals surface area contributed by atoms with E-state index in [1.807, 2.05) is 0 Å². The van der Waals surface area contributed by atoms with Gasteiger partial charge in [0.05, 0.1) is 0 Å². The predicted molar refractivity (Wildman–Crippen MR) is 120 cm³/mol. The van der Waals surface area contributed by atoms with Gasteiger partial charge in [-0.1, -0.05) is 139 Å². The van der Waals surface area contributed by atoms with Crippen LogP contribution in [-0.4, -0.2) is 0 Å². The van der Waals surface area contributed by atoms with E-state index in [4.69, 9.17) is 0 Å². The van der Waals surface area contributed by atoms with Gasteiger partial charge in [0.2, 0.25) is 0 Å². The van der Waals surface area contributed by atoms with Gasteiger partial charge in [0, 0.05) is 0 Å². The Morgan fingerprint density at radius 1 is 0.231 bits per heavy atom. The molecule has 1 rings (SSSR count). The third kappa shape index (κ3) is 18.0. The van der Waals surface area contributed by atoms with Crippen LogP contribution in [0.5, 0.6) is 0 Å². The largest absolute Gasteiger partial charge is 0.0845 e. The number of allylic oxidation sites excluding steroid dienone is 6. The molecule has 0 saturated carbocycles. The summed E-state index contributed by atoms with van der Waals surface area (Å²) in [6.07, 6.45) is 42.0. The van der Waals surface area contributed by atoms with E-state index < -0.39 is 0 Å². The lowest BCUT2D eigenvalue weighted by molar-refractivity contribution is 0.524. The van der Waals surface area contributed by atoms with Gasteiger partial charge in [-0.05, 0) is 25.7 Å². The molecule has 26 heavy (non-hydrogen) atoms. The lowest BCUT2D eigenvalue weighted by atomic mass is 10.0. The van der Waals surface area contributed by atoms with Crippen LogP contribution in [0, 0.1) is 0 Å². The van der Waals surface area contributed by atoms with Gasteiger partial charge in [-0.15, -0.1) is 0 Å². The van der Waals surface area contributed by atoms with Crippen molar-refractivity contribution in [2.45, 2.75) is 128 Å². The molecule has 0 saturated heterocycles. The summed E-state index contributed by atoms with van der Waals surface area (Å²) in [5, 5.41) is 0. The Morgan fingerprint density at radius 3 is 0.731 bits per heavy atom. The van der Waals surface area contributed by atoms with Crippen LogP contribution in [0.3, 0.4) is 0 Å². The summed E-state index contributed by atoms with van der Waals surface area (Å²) in [5.74, 6) is 0. The number of hydrogen-bond donors (Lipinski definition) is 0. The molecule has 0 unspecified atom stereocenters. The van der Waals surface area contributed by atoms with Crippen molar-refractivity contribution in [2.24, 2.45) is 0 Å². The summed E-state index contributed by atoms with van der Waals surface area (Å²) in [7, 11) is 0. The maximum atomic E-state index is 2.33. The van der Waals surface area contributed by atoms with Crippen LogP contribution in [0.15, 0.2) is 36.5 Å². The smallest absolute Gasteiger partial charge is 0.0348 e. The van der Waals surface area contributed by atoms with Crippen molar-refractivity contribution in [3.05, 3.63) is 36.5 Å². The number of hydrogen-bond acceptors (Lipinski definition) is 0. The quantitative estimate of drug-likeness (QED) is 0.404. The molecular weight excluding hydrogens is 312 g/mol. The van der Waals surface area contributed by atoms with Crippen molar-refractivity contribution in [2.75, 3.05) is 0 Å². The highest BCUT2D eigenvalue weighted by Crippen LogP contribution is 2.15. The molecule has 1 aliphatic rings. The Hall–Kier alpha value is -0.780. The van der Waals surface area contributed by atoms with Crippen molar-refractivity contribution < 1.29 is 0 Å². The first-order chi connectivity index (χ1) is 13.0. The van der Waals surface area contributed by atoms with Gasteiger partial charge < -0.3 is 0 Å². The van der Waals surface area contributed by atoms with Crippen LogP contribution >= 0.6 is 0 Å². The predicted octanol–water partition coefficient (Wildman–Crippen LogP) is 9.47. The summed E-state index contributed by atoms with van der Waals surface area (Å²) < 4.78 is 0. The van der Waals surface area contributed by atoms with E-state index in [-0.39, 0.29) is 0 Å². The minimum absolute atomic E-state index is 1.24. The summed E-state index contributed by atoms with van der Waals surface area (Å²) in [6.45, 7) is 0. The fourth-order valence-electron chi connectivity index (χ4n) is 3.83. The average molecular weight is 359 g/mol. The molecular formula is C26H46. The molecule has 0 spiro atoms. The van der Waals surface area contributed by atoms with Gasteiger partial charge in [-0.3, -0.25) is 0 Å². The zero-order valence-electron chi connectivity index (χ0n) is 17.6. The van der Waals surface area contributed by atoms with E-state index in [0.29, 0.717) is 0 Å². The third-order valence-corrected chi connectivity index (χ3v) is 5.60. The molecule has 0 aromatic carbocycles. The van der Waals surface area contributed by atoms with E-state index in [1.54, 1.807) is 0 Å². The van der Waals surface area contributed by atoms with Crippen LogP contribution in [-0.2, 0) is 0 Å². The lowest BCUT2D eigenvalue weighted by Crippen LogP contribution is -1.84. The Bertz CT molecular complexity index is 313. The van der Waals surface area contributed by atoms with Crippen molar-refractivity contribution in [1.29, 1.82) is 0 Å². The second-order valence-corrected chi connectivity index (χ2v) is 8.18. The summed E-state index contributed by atoms with van der Waals surface area (Å²) in [4.78, 5) is 0. The van der Waals surface area contributed by atoms with Crippen molar-refractivity contribution in [3.63, 3.8) is 0 Å². The Morgan fingerprint density at radius 2 is 0.462 bits per heavy atom. The summed E-state index contributed by atoms with van der Waals surface area (Å²) in [6, 6.07) is 0.